The lowest BCUT2D eigenvalue weighted by molar-refractivity contribution is -0.147. The number of hydrogen-bond acceptors (Lipinski definition) is 4. The van der Waals surface area contributed by atoms with Crippen LogP contribution in [0.25, 0.3) is 0 Å². The highest BCUT2D eigenvalue weighted by Crippen LogP contribution is 2.16. The van der Waals surface area contributed by atoms with E-state index >= 15 is 0 Å². The summed E-state index contributed by atoms with van der Waals surface area (Å²) >= 11 is 0. The molecule has 0 aromatic carbocycles. The maximum atomic E-state index is 12.1. The molecule has 6 nitrogen and oxygen atoms in total. The molecule has 0 saturated carbocycles. The zero-order valence-corrected chi connectivity index (χ0v) is 9.38. The van der Waals surface area contributed by atoms with Crippen molar-refractivity contribution in [3.63, 3.8) is 0 Å². The van der Waals surface area contributed by atoms with E-state index in [9.17, 15) is 9.59 Å². The smallest absolute Gasteiger partial charge is 0.328 e. The van der Waals surface area contributed by atoms with Crippen LogP contribution in [0.4, 0.5) is 0 Å². The topological polar surface area (TPSA) is 80.0 Å². The first-order valence-corrected chi connectivity index (χ1v) is 5.27. The highest BCUT2D eigenvalue weighted by atomic mass is 16.5. The molecule has 0 radical (unpaired) electrons. The van der Waals surface area contributed by atoms with Gasteiger partial charge in [-0.2, -0.15) is 0 Å². The van der Waals surface area contributed by atoms with Crippen LogP contribution in [0.3, 0.4) is 0 Å². The molecule has 6 heteroatoms. The number of furan rings is 1. The second-order valence-corrected chi connectivity index (χ2v) is 3.86. The maximum Gasteiger partial charge on any atom is 0.328 e. The molecular weight excluding hydrogens is 226 g/mol. The Bertz CT molecular complexity index is 439. The van der Waals surface area contributed by atoms with Gasteiger partial charge in [-0.1, -0.05) is 0 Å². The molecule has 1 aliphatic rings. The van der Waals surface area contributed by atoms with Gasteiger partial charge in [0.2, 0.25) is 0 Å². The van der Waals surface area contributed by atoms with E-state index in [0.29, 0.717) is 12.2 Å². The average Bonchev–Trinajstić information content (AvgIpc) is 2.74. The van der Waals surface area contributed by atoms with Crippen molar-refractivity contribution in [2.24, 2.45) is 0 Å². The molecule has 1 unspecified atom stereocenters. The third-order valence-corrected chi connectivity index (χ3v) is 2.73. The van der Waals surface area contributed by atoms with E-state index < -0.39 is 17.9 Å². The minimum absolute atomic E-state index is 0.0147. The number of hydrogen-bond donors (Lipinski definition) is 1. The number of carbonyl (C=O) groups excluding carboxylic acids is 1. The average molecular weight is 239 g/mol. The summed E-state index contributed by atoms with van der Waals surface area (Å²) in [6, 6.07) is 0.726. The molecule has 2 heterocycles. The molecule has 17 heavy (non-hydrogen) atoms. The molecule has 92 valence electrons. The fraction of sp³-hybridized carbons (Fsp3) is 0.455. The van der Waals surface area contributed by atoms with Crippen LogP contribution in [0, 0.1) is 6.92 Å². The Morgan fingerprint density at radius 3 is 2.88 bits per heavy atom. The third kappa shape index (κ3) is 2.16. The summed E-state index contributed by atoms with van der Waals surface area (Å²) < 4.78 is 10.1. The van der Waals surface area contributed by atoms with Crippen LogP contribution in [0.2, 0.25) is 0 Å². The minimum atomic E-state index is -1.07. The predicted octanol–water partition coefficient (Wildman–Crippen LogP) is 0.514. The number of rotatable bonds is 2. The monoisotopic (exact) mass is 239 g/mol. The van der Waals surface area contributed by atoms with Crippen LogP contribution in [0.1, 0.15) is 16.1 Å². The van der Waals surface area contributed by atoms with Crippen LogP contribution in [0.5, 0.6) is 0 Å². The first-order chi connectivity index (χ1) is 8.11. The van der Waals surface area contributed by atoms with E-state index in [0.717, 1.165) is 0 Å². The normalized spacial score (nSPS) is 20.3. The Morgan fingerprint density at radius 2 is 2.29 bits per heavy atom. The summed E-state index contributed by atoms with van der Waals surface area (Å²) in [5, 5.41) is 9.02. The summed E-state index contributed by atoms with van der Waals surface area (Å²) in [4.78, 5) is 24.4. The zero-order valence-electron chi connectivity index (χ0n) is 9.38. The number of ether oxygens (including phenoxy) is 1. The van der Waals surface area contributed by atoms with Crippen molar-refractivity contribution in [2.75, 3.05) is 19.8 Å². The number of aryl methyl sites for hydroxylation is 1. The van der Waals surface area contributed by atoms with Crippen molar-refractivity contribution in [3.05, 3.63) is 23.7 Å². The van der Waals surface area contributed by atoms with Crippen molar-refractivity contribution in [1.82, 2.24) is 4.90 Å². The fourth-order valence-electron chi connectivity index (χ4n) is 1.77. The Labute approximate surface area is 97.8 Å². The van der Waals surface area contributed by atoms with E-state index in [1.807, 2.05) is 0 Å². The molecule has 2 rings (SSSR count). The molecule has 0 spiro atoms. The van der Waals surface area contributed by atoms with Gasteiger partial charge in [0.15, 0.2) is 11.8 Å². The number of amides is 1. The number of nitrogens with zero attached hydrogens (tertiary/aromatic N) is 1. The SMILES string of the molecule is Cc1ccoc1C(=O)N1CCOCC1C(=O)O. The van der Waals surface area contributed by atoms with E-state index in [4.69, 9.17) is 14.3 Å². The van der Waals surface area contributed by atoms with Crippen LogP contribution in [-0.4, -0.2) is 47.7 Å². The van der Waals surface area contributed by atoms with Gasteiger partial charge in [-0.15, -0.1) is 0 Å². The number of morpholine rings is 1. The number of carboxylic acids is 1. The van der Waals surface area contributed by atoms with Crippen molar-refractivity contribution < 1.29 is 23.8 Å². The summed E-state index contributed by atoms with van der Waals surface area (Å²) in [5.74, 6) is -1.27. The van der Waals surface area contributed by atoms with E-state index in [1.165, 1.54) is 11.2 Å². The van der Waals surface area contributed by atoms with E-state index in [-0.39, 0.29) is 18.9 Å². The van der Waals surface area contributed by atoms with E-state index in [1.54, 1.807) is 13.0 Å². The molecule has 1 aromatic heterocycles. The fourth-order valence-corrected chi connectivity index (χ4v) is 1.77. The molecule has 1 aromatic rings. The van der Waals surface area contributed by atoms with Gasteiger partial charge in [-0.3, -0.25) is 4.79 Å². The Morgan fingerprint density at radius 1 is 1.53 bits per heavy atom. The summed E-state index contributed by atoms with van der Waals surface area (Å²) in [6.07, 6.45) is 1.42. The van der Waals surface area contributed by atoms with Gasteiger partial charge in [0.1, 0.15) is 0 Å². The number of carbonyl (C=O) groups is 2. The molecule has 1 amide bonds. The molecule has 1 saturated heterocycles. The molecule has 0 aliphatic carbocycles. The standard InChI is InChI=1S/C11H13NO5/c1-7-2-4-17-9(7)10(13)12-3-5-16-6-8(12)11(14)15/h2,4,8H,3,5-6H2,1H3,(H,14,15). The highest BCUT2D eigenvalue weighted by molar-refractivity contribution is 5.95. The predicted molar refractivity (Wildman–Crippen MR) is 56.7 cm³/mol. The second kappa shape index (κ2) is 4.58. The van der Waals surface area contributed by atoms with Crippen molar-refractivity contribution in [1.29, 1.82) is 0 Å². The lowest BCUT2D eigenvalue weighted by Crippen LogP contribution is -2.52. The zero-order chi connectivity index (χ0) is 12.4. The number of carboxylic acid groups (broad SMARTS) is 1. The Kier molecular flexibility index (Phi) is 3.14. The highest BCUT2D eigenvalue weighted by Gasteiger charge is 2.34. The van der Waals surface area contributed by atoms with Crippen molar-refractivity contribution in [2.45, 2.75) is 13.0 Å². The lowest BCUT2D eigenvalue weighted by Gasteiger charge is -2.32. The van der Waals surface area contributed by atoms with Gasteiger partial charge in [-0.05, 0) is 13.0 Å². The van der Waals surface area contributed by atoms with Gasteiger partial charge in [0.25, 0.3) is 5.91 Å². The number of aliphatic carboxylic acids is 1. The molecule has 0 bridgehead atoms. The van der Waals surface area contributed by atoms with Crippen LogP contribution < -0.4 is 0 Å². The van der Waals surface area contributed by atoms with Crippen LogP contribution in [0.15, 0.2) is 16.7 Å². The van der Waals surface area contributed by atoms with Crippen LogP contribution >= 0.6 is 0 Å². The molecule has 1 atom stereocenters. The minimum Gasteiger partial charge on any atom is -0.480 e. The Balaban J connectivity index is 2.23. The summed E-state index contributed by atoms with van der Waals surface area (Å²) in [7, 11) is 0. The van der Waals surface area contributed by atoms with Gasteiger partial charge >= 0.3 is 5.97 Å². The van der Waals surface area contributed by atoms with Gasteiger partial charge in [-0.25, -0.2) is 4.79 Å². The van der Waals surface area contributed by atoms with Crippen molar-refractivity contribution in [3.8, 4) is 0 Å². The maximum absolute atomic E-state index is 12.1. The van der Waals surface area contributed by atoms with Gasteiger partial charge < -0.3 is 19.2 Å². The van der Waals surface area contributed by atoms with Gasteiger partial charge in [0.05, 0.1) is 19.5 Å². The van der Waals surface area contributed by atoms with Crippen LogP contribution in [-0.2, 0) is 9.53 Å². The van der Waals surface area contributed by atoms with Crippen molar-refractivity contribution >= 4 is 11.9 Å². The second-order valence-electron chi connectivity index (χ2n) is 3.86. The first-order valence-electron chi connectivity index (χ1n) is 5.27. The molecule has 1 N–H and O–H groups in total. The molecule has 1 fully saturated rings. The quantitative estimate of drug-likeness (QED) is 0.813. The summed E-state index contributed by atoms with van der Waals surface area (Å²) in [5.41, 5.74) is 0.700. The van der Waals surface area contributed by atoms with E-state index in [2.05, 4.69) is 0 Å². The van der Waals surface area contributed by atoms with Gasteiger partial charge in [0, 0.05) is 12.1 Å². The summed E-state index contributed by atoms with van der Waals surface area (Å²) in [6.45, 7) is 2.36. The molecular formula is C11H13NO5. The molecule has 1 aliphatic heterocycles. The largest absolute Gasteiger partial charge is 0.480 e. The first kappa shape index (κ1) is 11.7. The lowest BCUT2D eigenvalue weighted by atomic mass is 10.2. The Hall–Kier alpha value is -1.82. The third-order valence-electron chi connectivity index (χ3n) is 2.73.